The van der Waals surface area contributed by atoms with Crippen LogP contribution in [0.1, 0.15) is 17.3 Å². The van der Waals surface area contributed by atoms with E-state index in [1.54, 1.807) is 41.7 Å². The van der Waals surface area contributed by atoms with Crippen molar-refractivity contribution < 1.29 is 17.9 Å². The van der Waals surface area contributed by atoms with E-state index in [-0.39, 0.29) is 10.5 Å². The number of piperazine rings is 1. The molecule has 37 heavy (non-hydrogen) atoms. The summed E-state index contributed by atoms with van der Waals surface area (Å²) >= 11 is 1.59. The minimum absolute atomic E-state index is 0.0915. The van der Waals surface area contributed by atoms with E-state index in [1.807, 2.05) is 18.2 Å². The van der Waals surface area contributed by atoms with Gasteiger partial charge in [-0.1, -0.05) is 36.5 Å². The molecule has 8 nitrogen and oxygen atoms in total. The van der Waals surface area contributed by atoms with E-state index >= 15 is 0 Å². The highest BCUT2D eigenvalue weighted by Crippen LogP contribution is 2.32. The number of anilines is 2. The fraction of sp³-hybridized carbons (Fsp3) is 0.259. The molecule has 3 aromatic carbocycles. The number of sulfonamides is 1. The fourth-order valence-corrected chi connectivity index (χ4v) is 6.45. The van der Waals surface area contributed by atoms with Crippen LogP contribution in [-0.4, -0.2) is 64.0 Å². The van der Waals surface area contributed by atoms with Crippen LogP contribution in [0, 0.1) is 0 Å². The Kier molecular flexibility index (Phi) is 7.14. The highest BCUT2D eigenvalue weighted by Gasteiger charge is 2.22. The first-order chi connectivity index (χ1) is 17.8. The highest BCUT2D eigenvalue weighted by atomic mass is 32.2. The summed E-state index contributed by atoms with van der Waals surface area (Å²) in [5.41, 5.74) is 1.69. The first kappa shape index (κ1) is 25.2. The molecule has 0 N–H and O–H groups in total. The molecule has 0 amide bonds. The lowest BCUT2D eigenvalue weighted by Gasteiger charge is -2.33. The topological polar surface area (TPSA) is 83.0 Å². The molecule has 1 fully saturated rings. The number of nitrogens with zero attached hydrogens (tertiary/aromatic N) is 4. The van der Waals surface area contributed by atoms with Crippen LogP contribution in [-0.2, 0) is 10.0 Å². The van der Waals surface area contributed by atoms with Crippen molar-refractivity contribution >= 4 is 48.4 Å². The van der Waals surface area contributed by atoms with Crippen molar-refractivity contribution in [1.29, 1.82) is 0 Å². The molecule has 1 saturated heterocycles. The lowest BCUT2D eigenvalue weighted by atomic mass is 10.2. The molecule has 192 valence electrons. The first-order valence-corrected chi connectivity index (χ1v) is 14.3. The molecule has 1 aromatic heterocycles. The van der Waals surface area contributed by atoms with Gasteiger partial charge in [-0.05, 0) is 55.1 Å². The van der Waals surface area contributed by atoms with Crippen LogP contribution in [0.4, 0.5) is 10.8 Å². The van der Waals surface area contributed by atoms with Crippen molar-refractivity contribution in [3.63, 3.8) is 0 Å². The van der Waals surface area contributed by atoms with Gasteiger partial charge in [0.25, 0.3) is 10.0 Å². The van der Waals surface area contributed by atoms with E-state index in [4.69, 9.17) is 9.72 Å². The van der Waals surface area contributed by atoms with Crippen LogP contribution in [0.3, 0.4) is 0 Å². The van der Waals surface area contributed by atoms with E-state index in [0.29, 0.717) is 11.4 Å². The number of benzene rings is 3. The van der Waals surface area contributed by atoms with Crippen molar-refractivity contribution in [2.45, 2.75) is 11.8 Å². The van der Waals surface area contributed by atoms with Crippen LogP contribution in [0.15, 0.2) is 77.7 Å². The van der Waals surface area contributed by atoms with Crippen LogP contribution in [0.2, 0.25) is 0 Å². The Hall–Kier alpha value is -3.47. The molecule has 0 radical (unpaired) electrons. The number of hydrogen-bond donors (Lipinski definition) is 0. The zero-order chi connectivity index (χ0) is 26.0. The molecule has 10 heteroatoms. The Morgan fingerprint density at radius 1 is 1.00 bits per heavy atom. The monoisotopic (exact) mass is 536 g/mol. The molecule has 4 aromatic rings. The lowest BCUT2D eigenvalue weighted by molar-refractivity contribution is 0.0735. The summed E-state index contributed by atoms with van der Waals surface area (Å²) < 4.78 is 33.7. The molecule has 0 spiro atoms. The first-order valence-electron chi connectivity index (χ1n) is 12.1. The normalized spacial score (nSPS) is 14.6. The largest absolute Gasteiger partial charge is 0.423 e. The number of likely N-dealkylation sites (N-methyl/N-ethyl adjacent to an activating group) is 1. The zero-order valence-electron chi connectivity index (χ0n) is 20.7. The Balaban J connectivity index is 1.27. The maximum absolute atomic E-state index is 13.0. The number of rotatable bonds is 7. The second kappa shape index (κ2) is 10.5. The number of fused-ring (bicyclic) bond motifs is 1. The van der Waals surface area contributed by atoms with E-state index in [1.165, 1.54) is 35.6 Å². The van der Waals surface area contributed by atoms with Crippen molar-refractivity contribution in [3.8, 4) is 5.75 Å². The summed E-state index contributed by atoms with van der Waals surface area (Å²) in [6.45, 7) is 7.18. The molecule has 5 rings (SSSR count). The lowest BCUT2D eigenvalue weighted by Crippen LogP contribution is -2.46. The third-order valence-electron chi connectivity index (χ3n) is 6.52. The van der Waals surface area contributed by atoms with Gasteiger partial charge in [-0.2, -0.15) is 0 Å². The molecule has 2 heterocycles. The summed E-state index contributed by atoms with van der Waals surface area (Å²) in [6.07, 6.45) is 0. The third kappa shape index (κ3) is 5.31. The van der Waals surface area contributed by atoms with Gasteiger partial charge in [0.1, 0.15) is 5.75 Å². The van der Waals surface area contributed by atoms with Gasteiger partial charge < -0.3 is 14.5 Å². The van der Waals surface area contributed by atoms with E-state index < -0.39 is 16.0 Å². The summed E-state index contributed by atoms with van der Waals surface area (Å²) in [5.74, 6) is -0.135. The van der Waals surface area contributed by atoms with Gasteiger partial charge in [-0.3, -0.25) is 4.31 Å². The predicted molar refractivity (Wildman–Crippen MR) is 147 cm³/mol. The number of ether oxygens (including phenoxy) is 1. The van der Waals surface area contributed by atoms with Crippen LogP contribution < -0.4 is 13.9 Å². The highest BCUT2D eigenvalue weighted by molar-refractivity contribution is 7.92. The molecule has 0 saturated carbocycles. The SMILES string of the molecule is CCN1CCN(c2nc3ccc(OC(=O)c4ccc(S(=O)(=O)N(C)c5ccccc5)cc4)cc3s2)CC1. The Morgan fingerprint density at radius 2 is 1.70 bits per heavy atom. The summed E-state index contributed by atoms with van der Waals surface area (Å²) in [7, 11) is -2.26. The fourth-order valence-electron chi connectivity index (χ4n) is 4.21. The van der Waals surface area contributed by atoms with Crippen LogP contribution in [0.5, 0.6) is 5.75 Å². The third-order valence-corrected chi connectivity index (χ3v) is 9.40. The Labute approximate surface area is 220 Å². The van der Waals surface area contributed by atoms with Crippen LogP contribution >= 0.6 is 11.3 Å². The molecular weight excluding hydrogens is 508 g/mol. The minimum Gasteiger partial charge on any atom is -0.423 e. The van der Waals surface area contributed by atoms with E-state index in [2.05, 4.69) is 16.7 Å². The average Bonchev–Trinajstić information content (AvgIpc) is 3.36. The zero-order valence-corrected chi connectivity index (χ0v) is 22.3. The molecule has 0 unspecified atom stereocenters. The van der Waals surface area contributed by atoms with Gasteiger partial charge >= 0.3 is 5.97 Å². The maximum Gasteiger partial charge on any atom is 0.343 e. The maximum atomic E-state index is 13.0. The van der Waals surface area contributed by atoms with E-state index in [9.17, 15) is 13.2 Å². The van der Waals surface area contributed by atoms with Gasteiger partial charge in [0.15, 0.2) is 5.13 Å². The second-order valence-electron chi connectivity index (χ2n) is 8.77. The van der Waals surface area contributed by atoms with Gasteiger partial charge in [0, 0.05) is 39.3 Å². The number of para-hydroxylation sites is 1. The van der Waals surface area contributed by atoms with Gasteiger partial charge in [-0.25, -0.2) is 18.2 Å². The van der Waals surface area contributed by atoms with Gasteiger partial charge in [0.2, 0.25) is 0 Å². The molecule has 0 bridgehead atoms. The number of thiazole rings is 1. The summed E-state index contributed by atoms with van der Waals surface area (Å²) in [4.78, 5) is 22.3. The van der Waals surface area contributed by atoms with Crippen LogP contribution in [0.25, 0.3) is 10.2 Å². The van der Waals surface area contributed by atoms with Crippen molar-refractivity contribution in [2.24, 2.45) is 0 Å². The number of hydrogen-bond acceptors (Lipinski definition) is 8. The molecule has 0 aliphatic carbocycles. The molecule has 1 aliphatic rings. The summed E-state index contributed by atoms with van der Waals surface area (Å²) in [6, 6.07) is 20.0. The Bertz CT molecular complexity index is 1500. The average molecular weight is 537 g/mol. The van der Waals surface area contributed by atoms with Gasteiger partial charge in [0.05, 0.1) is 26.4 Å². The molecule has 1 aliphatic heterocycles. The number of aromatic nitrogens is 1. The predicted octanol–water partition coefficient (Wildman–Crippen LogP) is 4.48. The summed E-state index contributed by atoms with van der Waals surface area (Å²) in [5, 5.41) is 0.978. The van der Waals surface area contributed by atoms with Crippen molar-refractivity contribution in [3.05, 3.63) is 78.4 Å². The quantitative estimate of drug-likeness (QED) is 0.254. The second-order valence-corrected chi connectivity index (χ2v) is 11.7. The minimum atomic E-state index is -3.76. The van der Waals surface area contributed by atoms with Gasteiger partial charge in [-0.15, -0.1) is 0 Å². The smallest absolute Gasteiger partial charge is 0.343 e. The number of carbonyl (C=O) groups is 1. The number of carbonyl (C=O) groups excluding carboxylic acids is 1. The standard InChI is InChI=1S/C27H28N4O4S2/c1-3-30-15-17-31(18-16-30)27-28-24-14-11-22(19-25(24)36-27)35-26(32)20-9-12-23(13-10-20)37(33,34)29(2)21-7-5-4-6-8-21/h4-14,19H,3,15-18H2,1-2H3. The van der Waals surface area contributed by atoms with E-state index in [0.717, 1.165) is 48.1 Å². The molecular formula is C27H28N4O4S2. The number of esters is 1. The Morgan fingerprint density at radius 3 is 2.38 bits per heavy atom. The van der Waals surface area contributed by atoms with Crippen molar-refractivity contribution in [2.75, 3.05) is 49.0 Å². The van der Waals surface area contributed by atoms with Crippen molar-refractivity contribution in [1.82, 2.24) is 9.88 Å². The molecule has 0 atom stereocenters.